The Labute approximate surface area is 124 Å². The van der Waals surface area contributed by atoms with E-state index < -0.39 is 10.0 Å². The van der Waals surface area contributed by atoms with Gasteiger partial charge in [-0.1, -0.05) is 30.3 Å². The van der Waals surface area contributed by atoms with Crippen LogP contribution in [0.1, 0.15) is 11.1 Å². The van der Waals surface area contributed by atoms with Crippen LogP contribution in [0.5, 0.6) is 5.75 Å². The van der Waals surface area contributed by atoms with Crippen LogP contribution in [0.3, 0.4) is 0 Å². The van der Waals surface area contributed by atoms with Crippen LogP contribution in [0.15, 0.2) is 47.4 Å². The fourth-order valence-corrected chi connectivity index (χ4v) is 3.61. The highest BCUT2D eigenvalue weighted by Crippen LogP contribution is 2.27. The Balaban J connectivity index is 2.38. The molecule has 0 aliphatic carbocycles. The zero-order valence-corrected chi connectivity index (χ0v) is 12.8. The van der Waals surface area contributed by atoms with Crippen molar-refractivity contribution in [3.63, 3.8) is 0 Å². The third-order valence-electron chi connectivity index (χ3n) is 3.30. The Hall–Kier alpha value is -2.05. The van der Waals surface area contributed by atoms with Crippen LogP contribution in [0.2, 0.25) is 0 Å². The van der Waals surface area contributed by atoms with Gasteiger partial charge in [0.2, 0.25) is 10.0 Å². The number of anilines is 1. The van der Waals surface area contributed by atoms with E-state index in [4.69, 9.17) is 5.73 Å². The van der Waals surface area contributed by atoms with Crippen molar-refractivity contribution in [3.8, 4) is 5.75 Å². The van der Waals surface area contributed by atoms with Gasteiger partial charge in [-0.25, -0.2) is 8.42 Å². The van der Waals surface area contributed by atoms with Crippen molar-refractivity contribution < 1.29 is 13.5 Å². The first-order chi connectivity index (χ1) is 9.84. The van der Waals surface area contributed by atoms with Gasteiger partial charge < -0.3 is 10.8 Å². The Bertz CT molecular complexity index is 737. The molecule has 6 heteroatoms. The van der Waals surface area contributed by atoms with E-state index in [1.807, 2.05) is 0 Å². The van der Waals surface area contributed by atoms with Crippen molar-refractivity contribution in [2.45, 2.75) is 18.4 Å². The second kappa shape index (κ2) is 5.75. The molecule has 0 bridgehead atoms. The molecule has 0 radical (unpaired) electrons. The summed E-state index contributed by atoms with van der Waals surface area (Å²) in [5.41, 5.74) is 7.17. The molecule has 2 aromatic rings. The molecule has 0 atom stereocenters. The Morgan fingerprint density at radius 1 is 1.14 bits per heavy atom. The zero-order chi connectivity index (χ0) is 15.6. The van der Waals surface area contributed by atoms with Crippen molar-refractivity contribution in [3.05, 3.63) is 53.6 Å². The number of phenolic OH excluding ortho intramolecular Hbond substituents is 1. The lowest BCUT2D eigenvalue weighted by Gasteiger charge is -2.20. The van der Waals surface area contributed by atoms with E-state index in [0.717, 1.165) is 0 Å². The fraction of sp³-hybridized carbons (Fsp3) is 0.200. The minimum absolute atomic E-state index is 0.0669. The quantitative estimate of drug-likeness (QED) is 0.847. The number of aromatic hydroxyl groups is 1. The molecule has 21 heavy (non-hydrogen) atoms. The molecule has 3 N–H and O–H groups in total. The lowest BCUT2D eigenvalue weighted by Crippen LogP contribution is -2.28. The van der Waals surface area contributed by atoms with Crippen LogP contribution in [0.4, 0.5) is 5.69 Å². The highest BCUT2D eigenvalue weighted by atomic mass is 32.2. The zero-order valence-electron chi connectivity index (χ0n) is 11.9. The predicted molar refractivity (Wildman–Crippen MR) is 82.4 cm³/mol. The van der Waals surface area contributed by atoms with Crippen LogP contribution in [0.25, 0.3) is 0 Å². The van der Waals surface area contributed by atoms with Gasteiger partial charge in [-0.15, -0.1) is 0 Å². The van der Waals surface area contributed by atoms with E-state index >= 15 is 0 Å². The third-order valence-corrected chi connectivity index (χ3v) is 5.32. The minimum atomic E-state index is -3.72. The van der Waals surface area contributed by atoms with Gasteiger partial charge in [0, 0.05) is 19.2 Å². The smallest absolute Gasteiger partial charge is 0.245 e. The number of hydrogen-bond donors (Lipinski definition) is 2. The molecule has 0 amide bonds. The number of rotatable bonds is 4. The maximum absolute atomic E-state index is 12.7. The summed E-state index contributed by atoms with van der Waals surface area (Å²) in [6, 6.07) is 11.6. The molecule has 0 saturated carbocycles. The molecule has 0 spiro atoms. The summed E-state index contributed by atoms with van der Waals surface area (Å²) < 4.78 is 26.5. The van der Waals surface area contributed by atoms with E-state index in [1.54, 1.807) is 43.3 Å². The van der Waals surface area contributed by atoms with E-state index in [-0.39, 0.29) is 22.9 Å². The molecule has 5 nitrogen and oxygen atoms in total. The minimum Gasteiger partial charge on any atom is -0.508 e. The Morgan fingerprint density at radius 2 is 1.81 bits per heavy atom. The van der Waals surface area contributed by atoms with E-state index in [1.165, 1.54) is 17.4 Å². The molecule has 112 valence electrons. The number of benzene rings is 2. The summed E-state index contributed by atoms with van der Waals surface area (Å²) in [4.78, 5) is 0.114. The number of para-hydroxylation sites is 1. The third kappa shape index (κ3) is 3.01. The van der Waals surface area contributed by atoms with Crippen molar-refractivity contribution in [2.75, 3.05) is 12.8 Å². The molecule has 2 aromatic carbocycles. The molecule has 0 aromatic heterocycles. The number of phenols is 1. The Kier molecular flexibility index (Phi) is 4.20. The number of nitrogens with two attached hydrogens (primary N) is 1. The van der Waals surface area contributed by atoms with E-state index in [2.05, 4.69) is 0 Å². The number of sulfonamides is 1. The summed E-state index contributed by atoms with van der Waals surface area (Å²) in [6.07, 6.45) is 0. The predicted octanol–water partition coefficient (Wildman–Crippen LogP) is 2.10. The van der Waals surface area contributed by atoms with Crippen LogP contribution >= 0.6 is 0 Å². The van der Waals surface area contributed by atoms with Gasteiger partial charge in [0.25, 0.3) is 0 Å². The van der Waals surface area contributed by atoms with Crippen LogP contribution < -0.4 is 5.73 Å². The normalized spacial score (nSPS) is 11.8. The van der Waals surface area contributed by atoms with Crippen molar-refractivity contribution >= 4 is 15.7 Å². The molecular formula is C15H18N2O3S. The Morgan fingerprint density at radius 3 is 2.43 bits per heavy atom. The van der Waals surface area contributed by atoms with Crippen molar-refractivity contribution in [1.82, 2.24) is 4.31 Å². The first kappa shape index (κ1) is 15.3. The van der Waals surface area contributed by atoms with E-state index in [9.17, 15) is 13.5 Å². The highest BCUT2D eigenvalue weighted by molar-refractivity contribution is 7.89. The average molecular weight is 306 g/mol. The molecule has 0 unspecified atom stereocenters. The first-order valence-corrected chi connectivity index (χ1v) is 7.86. The molecule has 0 heterocycles. The van der Waals surface area contributed by atoms with Gasteiger partial charge >= 0.3 is 0 Å². The number of aryl methyl sites for hydroxylation is 1. The van der Waals surface area contributed by atoms with Crippen molar-refractivity contribution in [1.29, 1.82) is 0 Å². The van der Waals surface area contributed by atoms with Gasteiger partial charge in [0.05, 0.1) is 5.69 Å². The second-order valence-corrected chi connectivity index (χ2v) is 6.86. The molecule has 0 fully saturated rings. The molecule has 0 aliphatic heterocycles. The summed E-state index contributed by atoms with van der Waals surface area (Å²) in [6.45, 7) is 1.78. The lowest BCUT2D eigenvalue weighted by atomic mass is 10.2. The standard InChI is InChI=1S/C15H18N2O3S/c1-11-6-5-8-13(16)15(11)21(19,20)17(2)10-12-7-3-4-9-14(12)18/h3-9,18H,10,16H2,1-2H3. The number of nitrogen functional groups attached to an aromatic ring is 1. The van der Waals surface area contributed by atoms with E-state index in [0.29, 0.717) is 11.1 Å². The first-order valence-electron chi connectivity index (χ1n) is 6.42. The van der Waals surface area contributed by atoms with Gasteiger partial charge in [-0.2, -0.15) is 4.31 Å². The summed E-state index contributed by atoms with van der Waals surface area (Å²) in [5.74, 6) is 0.0669. The van der Waals surface area contributed by atoms with Crippen LogP contribution in [-0.4, -0.2) is 24.9 Å². The summed E-state index contributed by atoms with van der Waals surface area (Å²) in [5, 5.41) is 9.76. The second-order valence-electron chi connectivity index (χ2n) is 4.88. The number of hydrogen-bond acceptors (Lipinski definition) is 4. The maximum Gasteiger partial charge on any atom is 0.245 e. The largest absolute Gasteiger partial charge is 0.508 e. The van der Waals surface area contributed by atoms with Crippen LogP contribution in [-0.2, 0) is 16.6 Å². The molecular weight excluding hydrogens is 288 g/mol. The average Bonchev–Trinajstić information content (AvgIpc) is 2.40. The monoisotopic (exact) mass is 306 g/mol. The maximum atomic E-state index is 12.7. The summed E-state index contributed by atoms with van der Waals surface area (Å²) >= 11 is 0. The van der Waals surface area contributed by atoms with Crippen molar-refractivity contribution in [2.24, 2.45) is 0 Å². The van der Waals surface area contributed by atoms with Gasteiger partial charge in [-0.05, 0) is 24.6 Å². The van der Waals surface area contributed by atoms with Gasteiger partial charge in [0.15, 0.2) is 0 Å². The highest BCUT2D eigenvalue weighted by Gasteiger charge is 2.25. The van der Waals surface area contributed by atoms with Gasteiger partial charge in [-0.3, -0.25) is 0 Å². The number of nitrogens with zero attached hydrogens (tertiary/aromatic N) is 1. The topological polar surface area (TPSA) is 83.6 Å². The van der Waals surface area contributed by atoms with Crippen LogP contribution in [0, 0.1) is 6.92 Å². The SMILES string of the molecule is Cc1cccc(N)c1S(=O)(=O)N(C)Cc1ccccc1O. The molecule has 2 rings (SSSR count). The lowest BCUT2D eigenvalue weighted by molar-refractivity contribution is 0.436. The summed E-state index contributed by atoms with van der Waals surface area (Å²) in [7, 11) is -2.25. The van der Waals surface area contributed by atoms with Gasteiger partial charge in [0.1, 0.15) is 10.6 Å². The fourth-order valence-electron chi connectivity index (χ4n) is 2.15. The molecule has 0 aliphatic rings. The molecule has 0 saturated heterocycles.